The molecule has 0 aliphatic rings. The van der Waals surface area contributed by atoms with Crippen molar-refractivity contribution >= 4 is 0 Å². The van der Waals surface area contributed by atoms with E-state index in [2.05, 4.69) is 20.6 Å². The lowest BCUT2D eigenvalue weighted by atomic mass is 9.99. The summed E-state index contributed by atoms with van der Waals surface area (Å²) in [7, 11) is 1.80. The van der Waals surface area contributed by atoms with E-state index >= 15 is 0 Å². The lowest BCUT2D eigenvalue weighted by molar-refractivity contribution is 0.0566. The minimum atomic E-state index is -1.05. The number of nitrogens with zero attached hydrogens (tertiary/aromatic N) is 3. The summed E-state index contributed by atoms with van der Waals surface area (Å²) in [6.45, 7) is 2.52. The van der Waals surface area contributed by atoms with Crippen molar-refractivity contribution in [3.05, 3.63) is 59.8 Å². The monoisotopic (exact) mass is 329 g/mol. The number of rotatable bonds is 6. The van der Waals surface area contributed by atoms with Gasteiger partial charge in [-0.15, -0.1) is 0 Å². The number of halogens is 1. The van der Waals surface area contributed by atoms with E-state index in [1.807, 2.05) is 0 Å². The molecular formula is C17H20FN5O. The summed E-state index contributed by atoms with van der Waals surface area (Å²) in [5.74, 6) is -0.301. The Morgan fingerprint density at radius 3 is 2.83 bits per heavy atom. The summed E-state index contributed by atoms with van der Waals surface area (Å²) in [4.78, 5) is 0. The Morgan fingerprint density at radius 2 is 2.12 bits per heavy atom. The van der Waals surface area contributed by atoms with E-state index in [1.165, 1.54) is 6.07 Å². The van der Waals surface area contributed by atoms with Gasteiger partial charge in [0.1, 0.15) is 11.4 Å². The number of aryl methyl sites for hydroxylation is 1. The average molecular weight is 329 g/mol. The van der Waals surface area contributed by atoms with Gasteiger partial charge in [0, 0.05) is 43.0 Å². The van der Waals surface area contributed by atoms with Crippen LogP contribution >= 0.6 is 0 Å². The van der Waals surface area contributed by atoms with Gasteiger partial charge >= 0.3 is 0 Å². The Kier molecular flexibility index (Phi) is 4.46. The molecule has 0 bridgehead atoms. The van der Waals surface area contributed by atoms with Crippen molar-refractivity contribution < 1.29 is 9.50 Å². The molecule has 1 aromatic carbocycles. The molecule has 2 aromatic heterocycles. The Labute approximate surface area is 139 Å². The zero-order valence-electron chi connectivity index (χ0n) is 13.6. The highest BCUT2D eigenvalue weighted by Gasteiger charge is 2.24. The van der Waals surface area contributed by atoms with Gasteiger partial charge in [-0.3, -0.25) is 9.78 Å². The summed E-state index contributed by atoms with van der Waals surface area (Å²) in [5.41, 5.74) is 1.64. The zero-order chi connectivity index (χ0) is 17.2. The van der Waals surface area contributed by atoms with Crippen molar-refractivity contribution in [2.45, 2.75) is 19.1 Å². The van der Waals surface area contributed by atoms with Crippen LogP contribution in [-0.2, 0) is 19.2 Å². The maximum atomic E-state index is 14.0. The lowest BCUT2D eigenvalue weighted by Crippen LogP contribution is -2.34. The number of aromatic nitrogens is 4. The van der Waals surface area contributed by atoms with Crippen molar-refractivity contribution in [3.63, 3.8) is 0 Å². The molecule has 3 N–H and O–H groups in total. The molecule has 0 fully saturated rings. The molecule has 1 atom stereocenters. The third-order valence-corrected chi connectivity index (χ3v) is 3.97. The summed E-state index contributed by atoms with van der Waals surface area (Å²) >= 11 is 0. The van der Waals surface area contributed by atoms with Crippen LogP contribution in [0.25, 0.3) is 11.3 Å². The summed E-state index contributed by atoms with van der Waals surface area (Å²) in [6.07, 6.45) is 5.09. The normalized spacial score (nSPS) is 13.8. The van der Waals surface area contributed by atoms with Crippen molar-refractivity contribution in [1.29, 1.82) is 0 Å². The van der Waals surface area contributed by atoms with Crippen molar-refractivity contribution in [1.82, 2.24) is 25.3 Å². The molecule has 0 aliphatic heterocycles. The topological polar surface area (TPSA) is 78.8 Å². The van der Waals surface area contributed by atoms with Crippen LogP contribution in [0.2, 0.25) is 0 Å². The fourth-order valence-corrected chi connectivity index (χ4v) is 2.58. The van der Waals surface area contributed by atoms with E-state index in [-0.39, 0.29) is 5.82 Å². The largest absolute Gasteiger partial charge is 0.384 e. The van der Waals surface area contributed by atoms with Crippen LogP contribution in [0.3, 0.4) is 0 Å². The number of aliphatic hydroxyl groups is 1. The molecule has 3 aromatic rings. The molecular weight excluding hydrogens is 309 g/mol. The first-order chi connectivity index (χ1) is 11.5. The maximum absolute atomic E-state index is 14.0. The van der Waals surface area contributed by atoms with E-state index in [1.54, 1.807) is 55.4 Å². The van der Waals surface area contributed by atoms with Crippen LogP contribution < -0.4 is 5.32 Å². The van der Waals surface area contributed by atoms with E-state index in [0.717, 1.165) is 11.1 Å². The van der Waals surface area contributed by atoms with Crippen LogP contribution in [0.5, 0.6) is 0 Å². The highest BCUT2D eigenvalue weighted by atomic mass is 19.1. The maximum Gasteiger partial charge on any atom is 0.132 e. The minimum Gasteiger partial charge on any atom is -0.384 e. The first-order valence-electron chi connectivity index (χ1n) is 7.67. The van der Waals surface area contributed by atoms with E-state index in [0.29, 0.717) is 24.3 Å². The van der Waals surface area contributed by atoms with Crippen molar-refractivity contribution in [2.24, 2.45) is 7.05 Å². The smallest absolute Gasteiger partial charge is 0.132 e. The molecule has 0 saturated heterocycles. The Morgan fingerprint density at radius 1 is 1.33 bits per heavy atom. The average Bonchev–Trinajstić information content (AvgIpc) is 3.17. The Balaban J connectivity index is 1.68. The van der Waals surface area contributed by atoms with Gasteiger partial charge in [-0.2, -0.15) is 10.2 Å². The fourth-order valence-electron chi connectivity index (χ4n) is 2.58. The number of hydrogen-bond donors (Lipinski definition) is 3. The fraction of sp³-hybridized carbons (Fsp3) is 0.294. The van der Waals surface area contributed by atoms with Gasteiger partial charge in [0.25, 0.3) is 0 Å². The Hall–Kier alpha value is -2.51. The number of nitrogens with one attached hydrogen (secondary N) is 2. The second kappa shape index (κ2) is 6.54. The number of aromatic amines is 1. The summed E-state index contributed by atoms with van der Waals surface area (Å²) in [6, 6.07) is 6.56. The molecule has 126 valence electrons. The highest BCUT2D eigenvalue weighted by molar-refractivity contribution is 5.63. The number of hydrogen-bond acceptors (Lipinski definition) is 4. The van der Waals surface area contributed by atoms with Crippen molar-refractivity contribution in [2.75, 3.05) is 6.54 Å². The molecule has 6 nitrogen and oxygen atoms in total. The molecule has 0 aliphatic carbocycles. The van der Waals surface area contributed by atoms with Crippen LogP contribution in [0.1, 0.15) is 18.1 Å². The molecule has 2 heterocycles. The molecule has 0 amide bonds. The lowest BCUT2D eigenvalue weighted by Gasteiger charge is -2.22. The molecule has 7 heteroatoms. The molecule has 3 rings (SSSR count). The Bertz CT molecular complexity index is 824. The van der Waals surface area contributed by atoms with E-state index in [9.17, 15) is 9.50 Å². The summed E-state index contributed by atoms with van der Waals surface area (Å²) < 4.78 is 15.6. The van der Waals surface area contributed by atoms with Gasteiger partial charge in [0.05, 0.1) is 18.1 Å². The number of benzene rings is 1. The van der Waals surface area contributed by atoms with Gasteiger partial charge in [-0.25, -0.2) is 4.39 Å². The van der Waals surface area contributed by atoms with Crippen LogP contribution in [-0.4, -0.2) is 31.6 Å². The SMILES string of the molecule is Cn1cc(C(C)(O)CNCc2cn[nH]c2-c2ccccc2F)cn1. The quantitative estimate of drug-likeness (QED) is 0.646. The first kappa shape index (κ1) is 16.4. The predicted octanol–water partition coefficient (Wildman–Crippen LogP) is 1.95. The van der Waals surface area contributed by atoms with Crippen LogP contribution in [0.4, 0.5) is 4.39 Å². The van der Waals surface area contributed by atoms with E-state index in [4.69, 9.17) is 0 Å². The molecule has 0 radical (unpaired) electrons. The highest BCUT2D eigenvalue weighted by Crippen LogP contribution is 2.24. The molecule has 0 spiro atoms. The van der Waals surface area contributed by atoms with Gasteiger partial charge in [-0.05, 0) is 19.1 Å². The minimum absolute atomic E-state index is 0.301. The van der Waals surface area contributed by atoms with Gasteiger partial charge < -0.3 is 10.4 Å². The molecule has 0 saturated carbocycles. The second-order valence-corrected chi connectivity index (χ2v) is 6.03. The standard InChI is InChI=1S/C17H20FN5O/c1-17(24,13-9-21-23(2)10-13)11-19-7-12-8-20-22-16(12)14-5-3-4-6-15(14)18/h3-6,8-10,19,24H,7,11H2,1-2H3,(H,20,22). The summed E-state index contributed by atoms with van der Waals surface area (Å²) in [5, 5.41) is 24.7. The van der Waals surface area contributed by atoms with Crippen LogP contribution in [0.15, 0.2) is 42.9 Å². The van der Waals surface area contributed by atoms with Crippen molar-refractivity contribution in [3.8, 4) is 11.3 Å². The third kappa shape index (κ3) is 3.37. The van der Waals surface area contributed by atoms with Gasteiger partial charge in [0.15, 0.2) is 0 Å². The molecule has 24 heavy (non-hydrogen) atoms. The zero-order valence-corrected chi connectivity index (χ0v) is 13.6. The second-order valence-electron chi connectivity index (χ2n) is 6.03. The first-order valence-corrected chi connectivity index (χ1v) is 7.67. The van der Waals surface area contributed by atoms with Crippen LogP contribution in [0, 0.1) is 5.82 Å². The predicted molar refractivity (Wildman–Crippen MR) is 88.5 cm³/mol. The molecule has 1 unspecified atom stereocenters. The third-order valence-electron chi connectivity index (χ3n) is 3.97. The van der Waals surface area contributed by atoms with Gasteiger partial charge in [0.2, 0.25) is 0 Å². The van der Waals surface area contributed by atoms with E-state index < -0.39 is 5.60 Å². The van der Waals surface area contributed by atoms with Gasteiger partial charge in [-0.1, -0.05) is 12.1 Å². The number of H-pyrrole nitrogens is 1.